The molecule has 3 unspecified atom stereocenters. The number of allylic oxidation sites excluding steroid dienone is 3. The summed E-state index contributed by atoms with van der Waals surface area (Å²) in [4.78, 5) is 22.3. The van der Waals surface area contributed by atoms with Crippen molar-refractivity contribution in [1.82, 2.24) is 0 Å². The molecule has 1 rings (SSSR count). The fourth-order valence-corrected chi connectivity index (χ4v) is 3.47. The van der Waals surface area contributed by atoms with Crippen molar-refractivity contribution in [3.8, 4) is 0 Å². The van der Waals surface area contributed by atoms with E-state index >= 15 is 0 Å². The molecule has 0 aliphatic carbocycles. The number of carboxylic acid groups (broad SMARTS) is 2. The lowest BCUT2D eigenvalue weighted by Gasteiger charge is -2.41. The summed E-state index contributed by atoms with van der Waals surface area (Å²) in [6, 6.07) is 0. The van der Waals surface area contributed by atoms with Crippen molar-refractivity contribution in [2.24, 2.45) is 11.8 Å². The Balaban J connectivity index is 2.94. The predicted molar refractivity (Wildman–Crippen MR) is 114 cm³/mol. The summed E-state index contributed by atoms with van der Waals surface area (Å²) in [6.07, 6.45) is -1.75. The lowest BCUT2D eigenvalue weighted by atomic mass is 9.90. The number of hydrogen-bond acceptors (Lipinski definition) is 8. The summed E-state index contributed by atoms with van der Waals surface area (Å²) >= 11 is 0. The zero-order valence-electron chi connectivity index (χ0n) is 18.7. The van der Waals surface area contributed by atoms with Gasteiger partial charge in [-0.05, 0) is 32.1 Å². The Hall–Kier alpha value is -1.82. The van der Waals surface area contributed by atoms with E-state index in [2.05, 4.69) is 0 Å². The number of rotatable bonds is 13. The van der Waals surface area contributed by atoms with E-state index in [0.717, 1.165) is 0 Å². The van der Waals surface area contributed by atoms with Gasteiger partial charge in [-0.2, -0.15) is 0 Å². The molecular weight excluding hydrogens is 424 g/mol. The lowest BCUT2D eigenvalue weighted by Crippen LogP contribution is -2.60. The van der Waals surface area contributed by atoms with Crippen molar-refractivity contribution in [1.29, 1.82) is 0 Å². The van der Waals surface area contributed by atoms with Gasteiger partial charge in [0.2, 0.25) is 0 Å². The van der Waals surface area contributed by atoms with Crippen molar-refractivity contribution in [2.45, 2.75) is 83.3 Å². The molecule has 0 spiro atoms. The van der Waals surface area contributed by atoms with Crippen LogP contribution in [0.15, 0.2) is 23.8 Å². The number of carboxylic acids is 2. The summed E-state index contributed by atoms with van der Waals surface area (Å²) in [5.74, 6) is -2.83. The number of carbonyl (C=O) groups is 2. The van der Waals surface area contributed by atoms with E-state index in [1.54, 1.807) is 32.1 Å². The Bertz CT molecular complexity index is 659. The molecule has 32 heavy (non-hydrogen) atoms. The molecule has 1 aliphatic heterocycles. The maximum absolute atomic E-state index is 11.5. The van der Waals surface area contributed by atoms with E-state index in [-0.39, 0.29) is 18.8 Å². The van der Waals surface area contributed by atoms with Gasteiger partial charge >= 0.3 is 11.9 Å². The zero-order chi connectivity index (χ0) is 24.4. The molecular formula is C22H36O10. The minimum absolute atomic E-state index is 0.0699. The van der Waals surface area contributed by atoms with E-state index < -0.39 is 61.3 Å². The van der Waals surface area contributed by atoms with Gasteiger partial charge in [0.25, 0.3) is 0 Å². The van der Waals surface area contributed by atoms with Crippen molar-refractivity contribution >= 4 is 11.9 Å². The van der Waals surface area contributed by atoms with E-state index in [1.807, 2.05) is 6.92 Å². The van der Waals surface area contributed by atoms with Crippen LogP contribution in [0.25, 0.3) is 0 Å². The Morgan fingerprint density at radius 2 is 1.78 bits per heavy atom. The Morgan fingerprint density at radius 1 is 1.12 bits per heavy atom. The standard InChI is InChI=1S/C22H36O10/c1-4-14(21(29)30)10-15(13(3)8-6-5-7-12(2)9-17(24)25)31-22-20(28)19(27)18(26)16(11-23)32-22/h5-7,13-16,18-20,22-23,26-28H,4,8-11H2,1-3H3,(H,24,25)(H,29,30)/b6-5+,12-7+/t13?,14?,15?,16-,18-,19+,20-,22-/m1/s1. The molecule has 0 aromatic carbocycles. The molecule has 0 radical (unpaired) electrons. The highest BCUT2D eigenvalue weighted by Crippen LogP contribution is 2.29. The molecule has 1 heterocycles. The first kappa shape index (κ1) is 28.2. The molecule has 0 saturated carbocycles. The average Bonchev–Trinajstić information content (AvgIpc) is 2.73. The highest BCUT2D eigenvalue weighted by molar-refractivity contribution is 5.70. The van der Waals surface area contributed by atoms with Crippen molar-refractivity contribution < 1.29 is 49.7 Å². The molecule has 10 heteroatoms. The summed E-state index contributed by atoms with van der Waals surface area (Å²) in [5, 5.41) is 57.8. The van der Waals surface area contributed by atoms with Crippen LogP contribution in [0.3, 0.4) is 0 Å². The zero-order valence-corrected chi connectivity index (χ0v) is 18.7. The van der Waals surface area contributed by atoms with Crippen LogP contribution < -0.4 is 0 Å². The highest BCUT2D eigenvalue weighted by atomic mass is 16.7. The van der Waals surface area contributed by atoms with E-state index in [4.69, 9.17) is 14.6 Å². The molecule has 1 fully saturated rings. The topological polar surface area (TPSA) is 174 Å². The SMILES string of the molecule is CCC(CC(O[C@@H]1O[C@H](CO)[C@@H](O)[C@H](O)[C@H]1O)C(C)C/C=C/C=C(\C)CC(=O)O)C(=O)O. The lowest BCUT2D eigenvalue weighted by molar-refractivity contribution is -0.315. The fourth-order valence-electron chi connectivity index (χ4n) is 3.47. The van der Waals surface area contributed by atoms with Gasteiger partial charge in [0.05, 0.1) is 25.0 Å². The summed E-state index contributed by atoms with van der Waals surface area (Å²) in [6.45, 7) is 4.68. The molecule has 6 N–H and O–H groups in total. The number of aliphatic carboxylic acids is 2. The van der Waals surface area contributed by atoms with Gasteiger partial charge in [0.15, 0.2) is 6.29 Å². The van der Waals surface area contributed by atoms with Crippen molar-refractivity contribution in [3.63, 3.8) is 0 Å². The number of aliphatic hydroxyl groups excluding tert-OH is 4. The quantitative estimate of drug-likeness (QED) is 0.214. The molecule has 184 valence electrons. The Labute approximate surface area is 187 Å². The minimum Gasteiger partial charge on any atom is -0.481 e. The average molecular weight is 461 g/mol. The van der Waals surface area contributed by atoms with Crippen LogP contribution in [-0.4, -0.2) is 86.0 Å². The van der Waals surface area contributed by atoms with E-state index in [1.165, 1.54) is 0 Å². The number of aliphatic hydroxyl groups is 4. The van der Waals surface area contributed by atoms with Gasteiger partial charge in [-0.3, -0.25) is 9.59 Å². The summed E-state index contributed by atoms with van der Waals surface area (Å²) in [5.41, 5.74) is 0.674. The monoisotopic (exact) mass is 460 g/mol. The largest absolute Gasteiger partial charge is 0.481 e. The second-order valence-electron chi connectivity index (χ2n) is 8.28. The van der Waals surface area contributed by atoms with Crippen molar-refractivity contribution in [3.05, 3.63) is 23.8 Å². The molecule has 0 aromatic heterocycles. The van der Waals surface area contributed by atoms with Crippen LogP contribution in [0, 0.1) is 11.8 Å². The van der Waals surface area contributed by atoms with Gasteiger partial charge in [-0.1, -0.05) is 37.6 Å². The number of hydrogen-bond donors (Lipinski definition) is 6. The molecule has 0 aromatic rings. The second-order valence-corrected chi connectivity index (χ2v) is 8.28. The van der Waals surface area contributed by atoms with Crippen LogP contribution >= 0.6 is 0 Å². The second kappa shape index (κ2) is 13.7. The maximum Gasteiger partial charge on any atom is 0.307 e. The maximum atomic E-state index is 11.5. The first-order valence-corrected chi connectivity index (χ1v) is 10.7. The Morgan fingerprint density at radius 3 is 2.31 bits per heavy atom. The highest BCUT2D eigenvalue weighted by Gasteiger charge is 2.45. The Kier molecular flexibility index (Phi) is 12.0. The third-order valence-corrected chi connectivity index (χ3v) is 5.61. The third kappa shape index (κ3) is 8.61. The predicted octanol–water partition coefficient (Wildman–Crippen LogP) is 0.676. The van der Waals surface area contributed by atoms with Crippen LogP contribution in [0.4, 0.5) is 0 Å². The van der Waals surface area contributed by atoms with Crippen LogP contribution in [0.5, 0.6) is 0 Å². The summed E-state index contributed by atoms with van der Waals surface area (Å²) in [7, 11) is 0. The summed E-state index contributed by atoms with van der Waals surface area (Å²) < 4.78 is 11.3. The van der Waals surface area contributed by atoms with Gasteiger partial charge in [-0.25, -0.2) is 0 Å². The first-order valence-electron chi connectivity index (χ1n) is 10.7. The molecule has 10 nitrogen and oxygen atoms in total. The molecule has 8 atom stereocenters. The molecule has 1 aliphatic rings. The molecule has 0 bridgehead atoms. The van der Waals surface area contributed by atoms with Gasteiger partial charge in [0.1, 0.15) is 24.4 Å². The molecule has 1 saturated heterocycles. The normalized spacial score (nSPS) is 29.6. The first-order chi connectivity index (χ1) is 15.0. The van der Waals surface area contributed by atoms with Crippen molar-refractivity contribution in [2.75, 3.05) is 6.61 Å². The van der Waals surface area contributed by atoms with Crippen LogP contribution in [-0.2, 0) is 19.1 Å². The van der Waals surface area contributed by atoms with E-state index in [9.17, 15) is 35.1 Å². The fraction of sp³-hybridized carbons (Fsp3) is 0.727. The third-order valence-electron chi connectivity index (χ3n) is 5.61. The van der Waals surface area contributed by atoms with Gasteiger partial charge in [0, 0.05) is 0 Å². The van der Waals surface area contributed by atoms with E-state index in [0.29, 0.717) is 18.4 Å². The minimum atomic E-state index is -1.59. The number of ether oxygens (including phenoxy) is 2. The van der Waals surface area contributed by atoms with Gasteiger partial charge in [-0.15, -0.1) is 0 Å². The van der Waals surface area contributed by atoms with Crippen LogP contribution in [0.2, 0.25) is 0 Å². The van der Waals surface area contributed by atoms with Crippen LogP contribution in [0.1, 0.15) is 46.5 Å². The smallest absolute Gasteiger partial charge is 0.307 e. The van der Waals surface area contributed by atoms with Gasteiger partial charge < -0.3 is 40.1 Å². The molecule has 0 amide bonds.